The topological polar surface area (TPSA) is 132 Å². The third kappa shape index (κ3) is 11.7. The van der Waals surface area contributed by atoms with Crippen molar-refractivity contribution >= 4 is 12.1 Å². The molecule has 0 aromatic carbocycles. The molecule has 0 radical (unpaired) electrons. The summed E-state index contributed by atoms with van der Waals surface area (Å²) < 4.78 is 17.8. The lowest BCUT2D eigenvalue weighted by atomic mass is 9.80. The largest absolute Gasteiger partial charge is 0.457 e. The molecule has 0 aliphatic carbocycles. The second-order valence-corrected chi connectivity index (χ2v) is 15.3. The summed E-state index contributed by atoms with van der Waals surface area (Å²) in [6.45, 7) is 20.6. The van der Waals surface area contributed by atoms with Gasteiger partial charge in [-0.05, 0) is 58.6 Å². The van der Waals surface area contributed by atoms with Crippen LogP contribution in [0, 0.1) is 17.3 Å². The van der Waals surface area contributed by atoms with E-state index in [1.54, 1.807) is 24.0 Å². The number of epoxide rings is 1. The first kappa shape index (κ1) is 39.2. The van der Waals surface area contributed by atoms with Gasteiger partial charge in [0, 0.05) is 55.9 Å². The van der Waals surface area contributed by atoms with E-state index in [4.69, 9.17) is 14.2 Å². The number of carbonyl (C=O) groups is 2. The predicted molar refractivity (Wildman–Crippen MR) is 183 cm³/mol. The first-order valence-electron chi connectivity index (χ1n) is 17.6. The fourth-order valence-corrected chi connectivity index (χ4v) is 6.57. The van der Waals surface area contributed by atoms with Crippen molar-refractivity contribution < 1.29 is 39.1 Å². The Morgan fingerprint density at radius 1 is 1.19 bits per heavy atom. The summed E-state index contributed by atoms with van der Waals surface area (Å²) in [4.78, 5) is 30.3. The fourth-order valence-electron chi connectivity index (χ4n) is 6.57. The van der Waals surface area contributed by atoms with Crippen LogP contribution in [0.2, 0.25) is 0 Å². The normalized spacial score (nSPS) is 32.9. The van der Waals surface area contributed by atoms with Crippen LogP contribution >= 0.6 is 0 Å². The van der Waals surface area contributed by atoms with Crippen molar-refractivity contribution in [3.8, 4) is 0 Å². The average molecular weight is 663 g/mol. The Morgan fingerprint density at radius 2 is 1.85 bits per heavy atom. The summed E-state index contributed by atoms with van der Waals surface area (Å²) in [5, 5.41) is 31.9. The van der Waals surface area contributed by atoms with E-state index in [0.717, 1.165) is 18.7 Å². The number of rotatable bonds is 10. The monoisotopic (exact) mass is 662 g/mol. The van der Waals surface area contributed by atoms with Crippen LogP contribution in [-0.2, 0) is 19.0 Å². The summed E-state index contributed by atoms with van der Waals surface area (Å²) in [5.41, 5.74) is -0.845. The third-order valence-corrected chi connectivity index (χ3v) is 10.2. The number of aliphatic hydroxyl groups excluding tert-OH is 2. The van der Waals surface area contributed by atoms with Crippen LogP contribution in [0.1, 0.15) is 94.4 Å². The number of ether oxygens (including phenoxy) is 3. The van der Waals surface area contributed by atoms with Gasteiger partial charge in [-0.15, -0.1) is 0 Å². The molecule has 1 amide bonds. The van der Waals surface area contributed by atoms with E-state index in [0.29, 0.717) is 44.8 Å². The molecule has 0 aromatic heterocycles. The lowest BCUT2D eigenvalue weighted by Gasteiger charge is -2.39. The van der Waals surface area contributed by atoms with E-state index in [-0.39, 0.29) is 36.6 Å². The lowest BCUT2D eigenvalue weighted by Crippen LogP contribution is -2.51. The van der Waals surface area contributed by atoms with E-state index >= 15 is 0 Å². The van der Waals surface area contributed by atoms with Gasteiger partial charge in [0.25, 0.3) is 0 Å². The molecule has 0 saturated carbocycles. The van der Waals surface area contributed by atoms with Gasteiger partial charge in [0.2, 0.25) is 0 Å². The zero-order chi connectivity index (χ0) is 35.1. The highest BCUT2D eigenvalue weighted by molar-refractivity contribution is 5.70. The minimum absolute atomic E-state index is 0.00454. The summed E-state index contributed by atoms with van der Waals surface area (Å²) >= 11 is 0. The van der Waals surface area contributed by atoms with Crippen molar-refractivity contribution in [1.82, 2.24) is 9.80 Å². The summed E-state index contributed by atoms with van der Waals surface area (Å²) in [5.74, 6) is -0.738. The first-order chi connectivity index (χ1) is 21.9. The quantitative estimate of drug-likeness (QED) is 0.128. The van der Waals surface area contributed by atoms with E-state index in [1.165, 1.54) is 0 Å². The molecule has 9 atom stereocenters. The molecule has 3 rings (SSSR count). The van der Waals surface area contributed by atoms with E-state index < -0.39 is 41.4 Å². The average Bonchev–Trinajstić information content (AvgIpc) is 3.77. The number of piperazine rings is 1. The van der Waals surface area contributed by atoms with Crippen LogP contribution in [0.5, 0.6) is 0 Å². The molecular formula is C37H62N2O8. The highest BCUT2D eigenvalue weighted by Crippen LogP contribution is 2.38. The van der Waals surface area contributed by atoms with Crippen molar-refractivity contribution in [2.45, 2.75) is 143 Å². The van der Waals surface area contributed by atoms with Gasteiger partial charge in [-0.25, -0.2) is 4.79 Å². The van der Waals surface area contributed by atoms with Gasteiger partial charge in [0.1, 0.15) is 12.2 Å². The van der Waals surface area contributed by atoms with E-state index in [9.17, 15) is 24.9 Å². The molecule has 47 heavy (non-hydrogen) atoms. The van der Waals surface area contributed by atoms with E-state index in [2.05, 4.69) is 18.7 Å². The highest BCUT2D eigenvalue weighted by atomic mass is 16.6. The second-order valence-electron chi connectivity index (χ2n) is 15.3. The fraction of sp³-hybridized carbons (Fsp3) is 0.784. The molecular weight excluding hydrogens is 600 g/mol. The molecule has 0 bridgehead atoms. The van der Waals surface area contributed by atoms with Gasteiger partial charge in [-0.1, -0.05) is 58.9 Å². The van der Waals surface area contributed by atoms with Gasteiger partial charge >= 0.3 is 12.1 Å². The lowest BCUT2D eigenvalue weighted by molar-refractivity contribution is -0.151. The first-order valence-corrected chi connectivity index (χ1v) is 17.6. The molecule has 3 N–H and O–H groups in total. The van der Waals surface area contributed by atoms with Crippen molar-refractivity contribution in [3.63, 3.8) is 0 Å². The Labute approximate surface area is 282 Å². The van der Waals surface area contributed by atoms with Crippen LogP contribution in [-0.4, -0.2) is 112 Å². The van der Waals surface area contributed by atoms with Crippen LogP contribution in [0.25, 0.3) is 0 Å². The van der Waals surface area contributed by atoms with Gasteiger partial charge in [0.05, 0.1) is 36.4 Å². The van der Waals surface area contributed by atoms with Gasteiger partial charge in [0.15, 0.2) is 0 Å². The molecule has 3 aliphatic heterocycles. The minimum Gasteiger partial charge on any atom is -0.457 e. The smallest absolute Gasteiger partial charge is 0.410 e. The number of hydrogen-bond acceptors (Lipinski definition) is 9. The molecule has 3 heterocycles. The second kappa shape index (κ2) is 16.9. The number of esters is 1. The SMILES string of the molecule is CCC(O)C(C)C1OC1CC(C)(O)/C=C/C=C(\C)C1OC(=O)CC(O)CCC(C)(C)C(OC(=O)N2CCN(C(C)C)CC2)/C=C/C1C. The van der Waals surface area contributed by atoms with Crippen LogP contribution in [0.4, 0.5) is 4.79 Å². The zero-order valence-corrected chi connectivity index (χ0v) is 30.2. The molecule has 2 fully saturated rings. The molecule has 268 valence electrons. The Morgan fingerprint density at radius 3 is 2.47 bits per heavy atom. The Balaban J connectivity index is 1.74. The number of allylic oxidation sites excluding steroid dienone is 2. The van der Waals surface area contributed by atoms with Crippen LogP contribution in [0.3, 0.4) is 0 Å². The molecule has 3 aliphatic rings. The van der Waals surface area contributed by atoms with E-state index in [1.807, 2.05) is 59.8 Å². The third-order valence-electron chi connectivity index (χ3n) is 10.2. The summed E-state index contributed by atoms with van der Waals surface area (Å²) in [6, 6.07) is 0.428. The van der Waals surface area contributed by atoms with Crippen molar-refractivity contribution in [1.29, 1.82) is 0 Å². The zero-order valence-electron chi connectivity index (χ0n) is 30.2. The summed E-state index contributed by atoms with van der Waals surface area (Å²) in [6.07, 6.45) is 7.99. The highest BCUT2D eigenvalue weighted by Gasteiger charge is 2.47. The van der Waals surface area contributed by atoms with Crippen molar-refractivity contribution in [2.75, 3.05) is 26.2 Å². The van der Waals surface area contributed by atoms with Gasteiger partial charge in [-0.2, -0.15) is 0 Å². The number of hydrogen-bond donors (Lipinski definition) is 3. The van der Waals surface area contributed by atoms with Crippen LogP contribution < -0.4 is 0 Å². The maximum absolute atomic E-state index is 13.3. The molecule has 0 spiro atoms. The molecule has 10 heteroatoms. The standard InChI is InChI=1S/C37H62N2O8/c1-10-29(41)27(6)34-30(45-34)23-37(9,44)16-11-12-25(4)33-26(5)13-14-31(36(7,8)17-15-28(40)22-32(42)47-33)46-35(43)39-20-18-38(19-21-39)24(2)3/h11-14,16,24,26-31,33-34,40-41,44H,10,15,17-23H2,1-9H3/b14-13+,16-11+,25-12+. The number of amides is 1. The number of aliphatic hydroxyl groups is 3. The molecule has 9 unspecified atom stereocenters. The molecule has 10 nitrogen and oxygen atoms in total. The van der Waals surface area contributed by atoms with Crippen molar-refractivity contribution in [2.24, 2.45) is 17.3 Å². The Kier molecular flexibility index (Phi) is 14.1. The van der Waals surface area contributed by atoms with Gasteiger partial charge < -0.3 is 34.4 Å². The molecule has 0 aromatic rings. The molecule has 2 saturated heterocycles. The van der Waals surface area contributed by atoms with Crippen LogP contribution in [0.15, 0.2) is 36.0 Å². The van der Waals surface area contributed by atoms with Gasteiger partial charge in [-0.3, -0.25) is 9.69 Å². The summed E-state index contributed by atoms with van der Waals surface area (Å²) in [7, 11) is 0. The number of cyclic esters (lactones) is 1. The number of nitrogens with zero attached hydrogens (tertiary/aromatic N) is 2. The Hall–Kier alpha value is -2.24. The van der Waals surface area contributed by atoms with Crippen molar-refractivity contribution in [3.05, 3.63) is 36.0 Å². The maximum Gasteiger partial charge on any atom is 0.410 e. The predicted octanol–water partition coefficient (Wildman–Crippen LogP) is 5.01. The Bertz CT molecular complexity index is 1120. The number of carbonyl (C=O) groups excluding carboxylic acids is 2. The maximum atomic E-state index is 13.3. The minimum atomic E-state index is -1.13.